The second-order valence-corrected chi connectivity index (χ2v) is 11.1. The maximum atomic E-state index is 13.7. The first kappa shape index (κ1) is 34.0. The summed E-state index contributed by atoms with van der Waals surface area (Å²) in [7, 11) is 0. The fourth-order valence-corrected chi connectivity index (χ4v) is 4.85. The molecule has 0 aromatic heterocycles. The van der Waals surface area contributed by atoms with E-state index in [-0.39, 0.29) is 66.7 Å². The van der Waals surface area contributed by atoms with Gasteiger partial charge < -0.3 is 46.6 Å². The van der Waals surface area contributed by atoms with Crippen LogP contribution in [-0.2, 0) is 40.1 Å². The fourth-order valence-electron chi connectivity index (χ4n) is 4.85. The van der Waals surface area contributed by atoms with Crippen molar-refractivity contribution in [2.75, 3.05) is 6.54 Å². The number of phenols is 6. The van der Waals surface area contributed by atoms with Crippen molar-refractivity contribution < 1.29 is 45.0 Å². The number of carbonyl (C=O) groups excluding carboxylic acids is 3. The lowest BCUT2D eigenvalue weighted by Gasteiger charge is -2.24. The molecule has 0 saturated heterocycles. The Hall–Kier alpha value is -5.91. The zero-order valence-corrected chi connectivity index (χ0v) is 25.4. The van der Waals surface area contributed by atoms with Crippen LogP contribution in [0, 0.1) is 0 Å². The highest BCUT2D eigenvalue weighted by Crippen LogP contribution is 2.26. The molecule has 3 amide bonds. The normalized spacial score (nSPS) is 12.1. The van der Waals surface area contributed by atoms with Crippen molar-refractivity contribution in [2.45, 2.75) is 44.2 Å². The Kier molecular flexibility index (Phi) is 11.5. The second-order valence-electron chi connectivity index (χ2n) is 11.1. The predicted molar refractivity (Wildman–Crippen MR) is 172 cm³/mol. The molecule has 4 aromatic rings. The summed E-state index contributed by atoms with van der Waals surface area (Å²) in [5.74, 6) is -2.67. The van der Waals surface area contributed by atoms with Crippen LogP contribution in [-0.4, -0.2) is 67.0 Å². The maximum Gasteiger partial charge on any atom is 0.243 e. The number of carbonyl (C=O) groups is 3. The topological polar surface area (TPSA) is 209 Å². The quantitative estimate of drug-likeness (QED) is 0.0924. The van der Waals surface area contributed by atoms with Crippen LogP contribution in [0.4, 0.5) is 0 Å². The van der Waals surface area contributed by atoms with E-state index in [0.29, 0.717) is 28.7 Å². The lowest BCUT2D eigenvalue weighted by atomic mass is 10.0. The summed E-state index contributed by atoms with van der Waals surface area (Å²) in [4.78, 5) is 40.1. The molecule has 0 heterocycles. The molecule has 0 aliphatic heterocycles. The first-order chi connectivity index (χ1) is 22.5. The van der Waals surface area contributed by atoms with Crippen LogP contribution >= 0.6 is 0 Å². The maximum absolute atomic E-state index is 13.7. The molecule has 0 saturated carbocycles. The lowest BCUT2D eigenvalue weighted by Crippen LogP contribution is -2.55. The minimum absolute atomic E-state index is 0.0316. The molecule has 0 aliphatic carbocycles. The van der Waals surface area contributed by atoms with Crippen molar-refractivity contribution in [3.63, 3.8) is 0 Å². The molecule has 47 heavy (non-hydrogen) atoms. The third kappa shape index (κ3) is 10.3. The predicted octanol–water partition coefficient (Wildman–Crippen LogP) is 2.67. The van der Waals surface area contributed by atoms with E-state index in [9.17, 15) is 45.0 Å². The van der Waals surface area contributed by atoms with E-state index in [0.717, 1.165) is 0 Å². The Morgan fingerprint density at radius 1 is 0.511 bits per heavy atom. The molecule has 0 bridgehead atoms. The van der Waals surface area contributed by atoms with Crippen molar-refractivity contribution >= 4 is 17.7 Å². The van der Waals surface area contributed by atoms with E-state index < -0.39 is 29.8 Å². The second kappa shape index (κ2) is 15.9. The third-order valence-electron chi connectivity index (χ3n) is 7.47. The lowest BCUT2D eigenvalue weighted by molar-refractivity contribution is -0.132. The third-order valence-corrected chi connectivity index (χ3v) is 7.47. The average molecular weight is 644 g/mol. The molecular formula is C35H37N3O9. The molecule has 0 unspecified atom stereocenters. The first-order valence-corrected chi connectivity index (χ1v) is 14.9. The highest BCUT2D eigenvalue weighted by molar-refractivity contribution is 5.92. The van der Waals surface area contributed by atoms with Gasteiger partial charge in [-0.05, 0) is 83.6 Å². The van der Waals surface area contributed by atoms with Crippen LogP contribution in [0.3, 0.4) is 0 Å². The van der Waals surface area contributed by atoms with Gasteiger partial charge in [-0.15, -0.1) is 0 Å². The molecule has 2 atom stereocenters. The largest absolute Gasteiger partial charge is 0.508 e. The van der Waals surface area contributed by atoms with Crippen molar-refractivity contribution in [1.29, 1.82) is 0 Å². The molecule has 0 aliphatic rings. The molecule has 4 rings (SSSR count). The summed E-state index contributed by atoms with van der Waals surface area (Å²) in [6.45, 7) is 0.158. The van der Waals surface area contributed by atoms with Gasteiger partial charge in [-0.2, -0.15) is 0 Å². The number of aromatic hydroxyl groups is 6. The van der Waals surface area contributed by atoms with Crippen LogP contribution in [0.25, 0.3) is 0 Å². The Labute approximate surface area is 271 Å². The van der Waals surface area contributed by atoms with E-state index >= 15 is 0 Å². The number of nitrogens with one attached hydrogen (secondary N) is 3. The molecule has 12 heteroatoms. The van der Waals surface area contributed by atoms with Gasteiger partial charge in [0.05, 0.1) is 0 Å². The Morgan fingerprint density at radius 3 is 1.45 bits per heavy atom. The number of phenolic OH excluding ortho intramolecular Hbond substituents is 6. The molecular weight excluding hydrogens is 606 g/mol. The molecule has 0 fully saturated rings. The molecule has 4 aromatic carbocycles. The fraction of sp³-hybridized carbons (Fsp3) is 0.229. The van der Waals surface area contributed by atoms with Crippen molar-refractivity contribution in [3.05, 3.63) is 107 Å². The molecule has 9 N–H and O–H groups in total. The van der Waals surface area contributed by atoms with E-state index in [4.69, 9.17) is 0 Å². The van der Waals surface area contributed by atoms with Gasteiger partial charge in [0.15, 0.2) is 23.0 Å². The number of hydrogen-bond acceptors (Lipinski definition) is 9. The zero-order valence-electron chi connectivity index (χ0n) is 25.4. The number of hydrogen-bond donors (Lipinski definition) is 9. The van der Waals surface area contributed by atoms with Gasteiger partial charge in [-0.1, -0.05) is 36.4 Å². The Morgan fingerprint density at radius 2 is 0.957 bits per heavy atom. The SMILES string of the molecule is O=C(CCc1ccc(O)c(O)c1)N[C@@H](Cc1ccc(O)cc1)C(=O)N[C@@H](Cc1ccc(O)cc1)C(=O)NCCc1ccc(O)c(O)c1. The monoisotopic (exact) mass is 643 g/mol. The highest BCUT2D eigenvalue weighted by Gasteiger charge is 2.27. The minimum Gasteiger partial charge on any atom is -0.508 e. The van der Waals surface area contributed by atoms with Crippen molar-refractivity contribution in [1.82, 2.24) is 16.0 Å². The number of amides is 3. The summed E-state index contributed by atoms with van der Waals surface area (Å²) >= 11 is 0. The van der Waals surface area contributed by atoms with Crippen molar-refractivity contribution in [3.8, 4) is 34.5 Å². The van der Waals surface area contributed by atoms with Gasteiger partial charge in [0.25, 0.3) is 0 Å². The van der Waals surface area contributed by atoms with Gasteiger partial charge in [0.2, 0.25) is 17.7 Å². The van der Waals surface area contributed by atoms with Gasteiger partial charge in [-0.25, -0.2) is 0 Å². The van der Waals surface area contributed by atoms with E-state index in [1.807, 2.05) is 0 Å². The molecule has 0 spiro atoms. The Bertz CT molecular complexity index is 1690. The van der Waals surface area contributed by atoms with E-state index in [1.54, 1.807) is 36.4 Å². The number of aryl methyl sites for hydroxylation is 1. The first-order valence-electron chi connectivity index (χ1n) is 14.9. The average Bonchev–Trinajstić information content (AvgIpc) is 3.04. The van der Waals surface area contributed by atoms with Crippen LogP contribution in [0.5, 0.6) is 34.5 Å². The molecule has 0 radical (unpaired) electrons. The summed E-state index contributed by atoms with van der Waals surface area (Å²) in [6, 6.07) is 18.7. The number of rotatable bonds is 14. The van der Waals surface area contributed by atoms with Gasteiger partial charge in [0, 0.05) is 25.8 Å². The van der Waals surface area contributed by atoms with Gasteiger partial charge >= 0.3 is 0 Å². The smallest absolute Gasteiger partial charge is 0.243 e. The van der Waals surface area contributed by atoms with Crippen molar-refractivity contribution in [2.24, 2.45) is 0 Å². The van der Waals surface area contributed by atoms with E-state index in [2.05, 4.69) is 16.0 Å². The summed E-state index contributed by atoms with van der Waals surface area (Å²) in [5.41, 5.74) is 2.56. The highest BCUT2D eigenvalue weighted by atomic mass is 16.3. The minimum atomic E-state index is -1.10. The zero-order chi connectivity index (χ0) is 33.9. The van der Waals surface area contributed by atoms with Gasteiger partial charge in [-0.3, -0.25) is 14.4 Å². The summed E-state index contributed by atoms with van der Waals surface area (Å²) < 4.78 is 0. The molecule has 246 valence electrons. The van der Waals surface area contributed by atoms with Crippen LogP contribution in [0.15, 0.2) is 84.9 Å². The van der Waals surface area contributed by atoms with E-state index in [1.165, 1.54) is 48.5 Å². The Balaban J connectivity index is 1.48. The van der Waals surface area contributed by atoms with Crippen LogP contribution < -0.4 is 16.0 Å². The standard InChI is InChI=1S/C35H37N3O9/c39-25-8-1-21(2-9-25)17-27(34(46)36-16-15-24-6-13-30(42)32(44)20-24)38-35(47)28(18-22-3-10-26(40)11-4-22)37-33(45)14-7-23-5-12-29(41)31(43)19-23/h1-6,8-13,19-20,27-28,39-44H,7,14-18H2,(H,36,46)(H,37,45)(H,38,47)/t27-,28-/m0/s1. The van der Waals surface area contributed by atoms with Crippen LogP contribution in [0.1, 0.15) is 28.7 Å². The summed E-state index contributed by atoms with van der Waals surface area (Å²) in [6.07, 6.45) is 0.640. The summed E-state index contributed by atoms with van der Waals surface area (Å²) in [5, 5.41) is 66.3. The van der Waals surface area contributed by atoms with Gasteiger partial charge in [0.1, 0.15) is 23.6 Å². The molecule has 12 nitrogen and oxygen atoms in total. The van der Waals surface area contributed by atoms with Crippen LogP contribution in [0.2, 0.25) is 0 Å². The number of benzene rings is 4.